The number of benzene rings is 2. The number of halogens is 2. The molecule has 3 rings (SSSR count). The fourth-order valence-electron chi connectivity index (χ4n) is 4.03. The van der Waals surface area contributed by atoms with Crippen LogP contribution in [0.5, 0.6) is 0 Å². The first kappa shape index (κ1) is 28.3. The molecule has 1 aliphatic carbocycles. The minimum absolute atomic E-state index is 0.0924. The molecule has 0 radical (unpaired) electrons. The van der Waals surface area contributed by atoms with E-state index in [1.54, 1.807) is 18.2 Å². The van der Waals surface area contributed by atoms with Gasteiger partial charge in [0, 0.05) is 5.69 Å². The molecule has 2 aromatic carbocycles. The summed E-state index contributed by atoms with van der Waals surface area (Å²) in [5.74, 6) is 0.0237. The van der Waals surface area contributed by atoms with E-state index in [0.29, 0.717) is 28.0 Å². The number of hydrogen-bond acceptors (Lipinski definition) is 9. The first-order valence-corrected chi connectivity index (χ1v) is 12.6. The smallest absolute Gasteiger partial charge is 0.465 e. The van der Waals surface area contributed by atoms with Crippen LogP contribution < -0.4 is 5.32 Å². The van der Waals surface area contributed by atoms with Crippen LogP contribution in [-0.4, -0.2) is 36.7 Å². The molecule has 1 saturated carbocycles. The predicted molar refractivity (Wildman–Crippen MR) is 136 cm³/mol. The molecule has 0 aliphatic heterocycles. The highest BCUT2D eigenvalue weighted by Crippen LogP contribution is 2.34. The molecule has 1 N–H and O–H groups in total. The van der Waals surface area contributed by atoms with Crippen molar-refractivity contribution < 1.29 is 33.7 Å². The molecular weight excluding hydrogens is 527 g/mol. The van der Waals surface area contributed by atoms with Crippen molar-refractivity contribution in [2.45, 2.75) is 45.3 Å². The van der Waals surface area contributed by atoms with Crippen LogP contribution in [-0.2, 0) is 30.3 Å². The lowest BCUT2D eigenvalue weighted by Crippen LogP contribution is -2.26. The Morgan fingerprint density at radius 3 is 2.22 bits per heavy atom. The number of carbonyl (C=O) groups excluding carboxylic acids is 2. The maximum atomic E-state index is 12.6. The quantitative estimate of drug-likeness (QED) is 0.146. The summed E-state index contributed by atoms with van der Waals surface area (Å²) in [6, 6.07) is 12.6. The summed E-state index contributed by atoms with van der Waals surface area (Å²) in [5, 5.41) is 13.3. The van der Waals surface area contributed by atoms with Crippen LogP contribution >= 0.6 is 23.2 Å². The summed E-state index contributed by atoms with van der Waals surface area (Å²) in [5.41, 5.74) is 2.04. The van der Waals surface area contributed by atoms with Crippen molar-refractivity contribution in [1.82, 2.24) is 0 Å². The Labute approximate surface area is 224 Å². The van der Waals surface area contributed by atoms with Crippen molar-refractivity contribution >= 4 is 46.7 Å². The van der Waals surface area contributed by atoms with Crippen LogP contribution in [0.1, 0.15) is 38.2 Å². The second-order valence-corrected chi connectivity index (χ2v) is 9.52. The number of carbonyl (C=O) groups is 2. The second-order valence-electron chi connectivity index (χ2n) is 8.70. The summed E-state index contributed by atoms with van der Waals surface area (Å²) >= 11 is 12.5. The van der Waals surface area contributed by atoms with Crippen molar-refractivity contribution in [2.75, 3.05) is 18.5 Å². The van der Waals surface area contributed by atoms with Crippen LogP contribution in [0, 0.1) is 22.0 Å². The molecule has 37 heavy (non-hydrogen) atoms. The molecule has 12 heteroatoms. The predicted octanol–water partition coefficient (Wildman–Crippen LogP) is 6.34. The average molecular weight is 555 g/mol. The van der Waals surface area contributed by atoms with Gasteiger partial charge in [-0.25, -0.2) is 4.79 Å². The Balaban J connectivity index is 1.39. The number of ether oxygens (including phenoxy) is 3. The Morgan fingerprint density at radius 2 is 1.59 bits per heavy atom. The van der Waals surface area contributed by atoms with Gasteiger partial charge in [0.2, 0.25) is 6.29 Å². The average Bonchev–Trinajstić information content (AvgIpc) is 2.85. The molecule has 1 unspecified atom stereocenters. The molecule has 0 bridgehead atoms. The third-order valence-corrected chi connectivity index (χ3v) is 6.58. The van der Waals surface area contributed by atoms with E-state index in [0.717, 1.165) is 31.2 Å². The van der Waals surface area contributed by atoms with Gasteiger partial charge in [0.1, 0.15) is 0 Å². The van der Waals surface area contributed by atoms with Crippen molar-refractivity contribution in [1.29, 1.82) is 0 Å². The number of hydrogen-bond donors (Lipinski definition) is 1. The highest BCUT2D eigenvalue weighted by molar-refractivity contribution is 6.39. The topological polar surface area (TPSA) is 126 Å². The van der Waals surface area contributed by atoms with Crippen molar-refractivity contribution in [3.63, 3.8) is 0 Å². The van der Waals surface area contributed by atoms with E-state index in [1.165, 1.54) is 6.92 Å². The minimum atomic E-state index is -1.34. The van der Waals surface area contributed by atoms with E-state index < -0.39 is 17.5 Å². The Hall–Kier alpha value is -3.24. The van der Waals surface area contributed by atoms with Gasteiger partial charge in [-0.1, -0.05) is 47.5 Å². The fraction of sp³-hybridized carbons (Fsp3) is 0.440. The number of esters is 1. The zero-order valence-electron chi connectivity index (χ0n) is 20.2. The lowest BCUT2D eigenvalue weighted by atomic mass is 9.83. The third-order valence-electron chi connectivity index (χ3n) is 5.95. The van der Waals surface area contributed by atoms with Gasteiger partial charge < -0.3 is 19.5 Å². The normalized spacial score (nSPS) is 17.8. The van der Waals surface area contributed by atoms with Crippen LogP contribution in [0.2, 0.25) is 10.0 Å². The third kappa shape index (κ3) is 9.29. The van der Waals surface area contributed by atoms with Gasteiger partial charge in [0.15, 0.2) is 0 Å². The van der Waals surface area contributed by atoms with E-state index in [4.69, 9.17) is 32.7 Å². The number of nitrogens with zero attached hydrogens (tertiary/aromatic N) is 1. The molecule has 2 aromatic rings. The highest BCUT2D eigenvalue weighted by atomic mass is 35.5. The van der Waals surface area contributed by atoms with Gasteiger partial charge in [-0.2, -0.15) is 0 Å². The molecule has 10 nitrogen and oxygen atoms in total. The molecule has 1 fully saturated rings. The number of rotatable bonds is 11. The van der Waals surface area contributed by atoms with Gasteiger partial charge >= 0.3 is 12.1 Å². The van der Waals surface area contributed by atoms with Crippen LogP contribution in [0.15, 0.2) is 42.5 Å². The van der Waals surface area contributed by atoms with E-state index in [-0.39, 0.29) is 30.8 Å². The maximum Gasteiger partial charge on any atom is 0.510 e. The minimum Gasteiger partial charge on any atom is -0.465 e. The second kappa shape index (κ2) is 13.9. The molecule has 0 saturated heterocycles. The molecule has 0 spiro atoms. The summed E-state index contributed by atoms with van der Waals surface area (Å²) < 4.78 is 15.2. The lowest BCUT2D eigenvalue weighted by molar-refractivity contribution is -0.777. The largest absolute Gasteiger partial charge is 0.510 e. The number of nitrogens with one attached hydrogen (secondary N) is 1. The molecule has 0 amide bonds. The van der Waals surface area contributed by atoms with Gasteiger partial charge in [0.05, 0.1) is 35.4 Å². The molecule has 0 heterocycles. The van der Waals surface area contributed by atoms with Crippen LogP contribution in [0.3, 0.4) is 0 Å². The fourth-order valence-corrected chi connectivity index (χ4v) is 4.52. The summed E-state index contributed by atoms with van der Waals surface area (Å²) in [4.78, 5) is 38.5. The van der Waals surface area contributed by atoms with Crippen LogP contribution in [0.25, 0.3) is 0 Å². The number of anilines is 2. The van der Waals surface area contributed by atoms with Gasteiger partial charge in [-0.05, 0) is 68.2 Å². The van der Waals surface area contributed by atoms with Crippen molar-refractivity contribution in [3.8, 4) is 0 Å². The molecule has 1 atom stereocenters. The summed E-state index contributed by atoms with van der Waals surface area (Å²) in [6.07, 6.45) is 0.959. The van der Waals surface area contributed by atoms with Crippen molar-refractivity contribution in [2.24, 2.45) is 11.8 Å². The Kier molecular flexibility index (Phi) is 10.6. The van der Waals surface area contributed by atoms with E-state index in [2.05, 4.69) is 14.9 Å². The van der Waals surface area contributed by atoms with Gasteiger partial charge in [0.25, 0.3) is 5.09 Å². The zero-order valence-corrected chi connectivity index (χ0v) is 21.7. The lowest BCUT2D eigenvalue weighted by Gasteiger charge is -2.27. The molecule has 200 valence electrons. The van der Waals surface area contributed by atoms with Gasteiger partial charge in [-0.15, -0.1) is 10.1 Å². The Bertz CT molecular complexity index is 1070. The van der Waals surface area contributed by atoms with Gasteiger partial charge in [-0.3, -0.25) is 9.63 Å². The number of para-hydroxylation sites is 2. The monoisotopic (exact) mass is 554 g/mol. The van der Waals surface area contributed by atoms with Crippen molar-refractivity contribution in [3.05, 3.63) is 68.2 Å². The molecular formula is C25H28Cl2N2O8. The highest BCUT2D eigenvalue weighted by Gasteiger charge is 2.24. The maximum absolute atomic E-state index is 12.6. The summed E-state index contributed by atoms with van der Waals surface area (Å²) in [6.45, 7) is 1.69. The van der Waals surface area contributed by atoms with Crippen LogP contribution in [0.4, 0.5) is 16.2 Å². The van der Waals surface area contributed by atoms with E-state index in [9.17, 15) is 19.7 Å². The molecule has 1 aliphatic rings. The van der Waals surface area contributed by atoms with E-state index in [1.807, 2.05) is 24.3 Å². The SMILES string of the molecule is CC(OC(=O)OCC1CCC(COC(=O)Cc2ccccc2Nc2c(Cl)cccc2Cl)CC1)O[N+](=O)[O-]. The Morgan fingerprint density at radius 1 is 1.00 bits per heavy atom. The zero-order chi connectivity index (χ0) is 26.8. The first-order valence-electron chi connectivity index (χ1n) is 11.8. The first-order chi connectivity index (χ1) is 17.7. The molecule has 0 aromatic heterocycles. The summed E-state index contributed by atoms with van der Waals surface area (Å²) in [7, 11) is 0. The standard InChI is InChI=1S/C25H28Cl2N2O8/c1-16(37-29(32)33)36-25(31)35-15-18-11-9-17(10-12-18)14-34-23(30)13-19-5-2-3-8-22(19)28-24-20(26)6-4-7-21(24)27/h2-8,16-18,28H,9-15H2,1H3. The van der Waals surface area contributed by atoms with E-state index >= 15 is 0 Å².